The first-order valence-corrected chi connectivity index (χ1v) is 10.1. The largest absolute Gasteiger partial charge is 0.443 e. The molecule has 8 heteroatoms. The van der Waals surface area contributed by atoms with E-state index in [1.54, 1.807) is 13.2 Å². The van der Waals surface area contributed by atoms with E-state index in [1.807, 2.05) is 17.0 Å². The van der Waals surface area contributed by atoms with Gasteiger partial charge in [-0.2, -0.15) is 0 Å². The first-order valence-electron chi connectivity index (χ1n) is 10.1. The van der Waals surface area contributed by atoms with Gasteiger partial charge in [-0.05, 0) is 17.5 Å². The van der Waals surface area contributed by atoms with Crippen LogP contribution in [0.2, 0.25) is 0 Å². The van der Waals surface area contributed by atoms with Crippen LogP contribution >= 0.6 is 24.0 Å². The fourth-order valence-electron chi connectivity index (χ4n) is 3.23. The highest BCUT2D eigenvalue weighted by atomic mass is 127. The lowest BCUT2D eigenvalue weighted by atomic mass is 9.94. The van der Waals surface area contributed by atoms with Gasteiger partial charge in [0.1, 0.15) is 5.76 Å². The second kappa shape index (κ2) is 10.8. The number of rotatable bonds is 6. The summed E-state index contributed by atoms with van der Waals surface area (Å²) in [5, 5.41) is 6.43. The van der Waals surface area contributed by atoms with Crippen molar-refractivity contribution in [2.45, 2.75) is 58.7 Å². The summed E-state index contributed by atoms with van der Waals surface area (Å²) in [6, 6.07) is 8.24. The molecule has 0 spiro atoms. The van der Waals surface area contributed by atoms with E-state index < -0.39 is 0 Å². The maximum atomic E-state index is 12.5. The van der Waals surface area contributed by atoms with E-state index >= 15 is 0 Å². The molecule has 0 saturated carbocycles. The average Bonchev–Trinajstić information content (AvgIpc) is 3.34. The van der Waals surface area contributed by atoms with Crippen LogP contribution in [0.15, 0.2) is 39.9 Å². The Labute approximate surface area is 195 Å². The van der Waals surface area contributed by atoms with Crippen molar-refractivity contribution in [2.75, 3.05) is 13.6 Å². The number of aromatic nitrogens is 1. The zero-order valence-electron chi connectivity index (χ0n) is 18.2. The van der Waals surface area contributed by atoms with Gasteiger partial charge in [-0.1, -0.05) is 45.0 Å². The minimum Gasteiger partial charge on any atom is -0.443 e. The van der Waals surface area contributed by atoms with E-state index in [0.29, 0.717) is 31.4 Å². The van der Waals surface area contributed by atoms with Gasteiger partial charge in [0, 0.05) is 38.5 Å². The van der Waals surface area contributed by atoms with Crippen molar-refractivity contribution < 1.29 is 9.21 Å². The third-order valence-corrected chi connectivity index (χ3v) is 4.98. The molecule has 0 radical (unpaired) electrons. The molecular weight excluding hydrogens is 493 g/mol. The Hall–Kier alpha value is -2.10. The van der Waals surface area contributed by atoms with Gasteiger partial charge >= 0.3 is 0 Å². The molecule has 1 aromatic heterocycles. The van der Waals surface area contributed by atoms with Crippen molar-refractivity contribution in [2.24, 2.45) is 4.99 Å². The maximum absolute atomic E-state index is 12.5. The van der Waals surface area contributed by atoms with Crippen molar-refractivity contribution in [3.05, 3.63) is 53.2 Å². The normalized spacial score (nSPS) is 13.6. The molecule has 7 nitrogen and oxygen atoms in total. The Morgan fingerprint density at radius 3 is 2.43 bits per heavy atom. The summed E-state index contributed by atoms with van der Waals surface area (Å²) in [6.07, 6.45) is 3.04. The van der Waals surface area contributed by atoms with Crippen LogP contribution in [-0.4, -0.2) is 35.3 Å². The minimum atomic E-state index is -0.0611. The van der Waals surface area contributed by atoms with E-state index in [2.05, 4.69) is 53.5 Å². The Kier molecular flexibility index (Phi) is 8.69. The summed E-state index contributed by atoms with van der Waals surface area (Å²) in [5.74, 6) is 2.35. The van der Waals surface area contributed by atoms with Crippen LogP contribution in [0.4, 0.5) is 0 Å². The second-order valence-electron chi connectivity index (χ2n) is 8.34. The predicted molar refractivity (Wildman–Crippen MR) is 129 cm³/mol. The van der Waals surface area contributed by atoms with Crippen LogP contribution in [0.3, 0.4) is 0 Å². The van der Waals surface area contributed by atoms with Crippen LogP contribution in [-0.2, 0) is 29.8 Å². The zero-order chi connectivity index (χ0) is 20.9. The summed E-state index contributed by atoms with van der Waals surface area (Å²) < 4.78 is 5.78. The minimum absolute atomic E-state index is 0. The number of fused-ring (bicyclic) bond motifs is 1. The Bertz CT molecular complexity index is 847. The standard InChI is InChI=1S/C22H31N5O2.HI/c1-22(2,3)18-12-25-19(29-18)13-26-21(23-4)24-11-7-10-20(28)27-14-16-8-5-6-9-17(16)15-27;/h5-6,8-9,12H,7,10-11,13-15H2,1-4H3,(H2,23,24,26);1H. The molecule has 2 aromatic rings. The van der Waals surface area contributed by atoms with E-state index in [9.17, 15) is 4.79 Å². The number of carbonyl (C=O) groups is 1. The van der Waals surface area contributed by atoms with E-state index in [-0.39, 0.29) is 35.3 Å². The molecule has 1 aliphatic heterocycles. The molecule has 1 aliphatic rings. The molecule has 1 amide bonds. The van der Waals surface area contributed by atoms with E-state index in [1.165, 1.54) is 11.1 Å². The number of nitrogens with zero attached hydrogens (tertiary/aromatic N) is 3. The molecule has 0 atom stereocenters. The van der Waals surface area contributed by atoms with Gasteiger partial charge in [-0.25, -0.2) is 4.98 Å². The van der Waals surface area contributed by atoms with Gasteiger partial charge in [0.25, 0.3) is 0 Å². The smallest absolute Gasteiger partial charge is 0.223 e. The summed E-state index contributed by atoms with van der Waals surface area (Å²) in [6.45, 7) is 8.84. The van der Waals surface area contributed by atoms with Gasteiger partial charge in [-0.3, -0.25) is 9.79 Å². The number of nitrogens with one attached hydrogen (secondary N) is 2. The van der Waals surface area contributed by atoms with Crippen molar-refractivity contribution in [3.8, 4) is 0 Å². The van der Waals surface area contributed by atoms with Crippen molar-refractivity contribution >= 4 is 35.8 Å². The first kappa shape index (κ1) is 24.2. The lowest BCUT2D eigenvalue weighted by Gasteiger charge is -2.16. The third-order valence-electron chi connectivity index (χ3n) is 4.98. The number of amides is 1. The second-order valence-corrected chi connectivity index (χ2v) is 8.34. The summed E-state index contributed by atoms with van der Waals surface area (Å²) in [5.41, 5.74) is 2.45. The number of aliphatic imine (C=N–C) groups is 1. The van der Waals surface area contributed by atoms with Crippen LogP contribution in [0, 0.1) is 0 Å². The maximum Gasteiger partial charge on any atom is 0.223 e. The molecule has 0 unspecified atom stereocenters. The number of hydrogen-bond acceptors (Lipinski definition) is 4. The van der Waals surface area contributed by atoms with Crippen LogP contribution < -0.4 is 10.6 Å². The molecule has 1 aromatic carbocycles. The topological polar surface area (TPSA) is 82.8 Å². The fraction of sp³-hybridized carbons (Fsp3) is 0.500. The van der Waals surface area contributed by atoms with Gasteiger partial charge < -0.3 is 20.0 Å². The third kappa shape index (κ3) is 6.45. The molecule has 0 saturated heterocycles. The number of guanidine groups is 1. The fourth-order valence-corrected chi connectivity index (χ4v) is 3.23. The highest BCUT2D eigenvalue weighted by Gasteiger charge is 2.22. The quantitative estimate of drug-likeness (QED) is 0.261. The molecule has 164 valence electrons. The summed E-state index contributed by atoms with van der Waals surface area (Å²) in [7, 11) is 1.72. The highest BCUT2D eigenvalue weighted by molar-refractivity contribution is 14.0. The number of halogens is 1. The van der Waals surface area contributed by atoms with Gasteiger partial charge in [0.15, 0.2) is 5.96 Å². The molecule has 0 bridgehead atoms. The van der Waals surface area contributed by atoms with Crippen LogP contribution in [0.5, 0.6) is 0 Å². The SMILES string of the molecule is CN=C(NCCCC(=O)N1Cc2ccccc2C1)NCc1ncc(C(C)(C)C)o1.I. The molecule has 2 heterocycles. The molecule has 3 rings (SSSR count). The summed E-state index contributed by atoms with van der Waals surface area (Å²) in [4.78, 5) is 22.9. The van der Waals surface area contributed by atoms with Crippen molar-refractivity contribution in [1.29, 1.82) is 0 Å². The predicted octanol–water partition coefficient (Wildman–Crippen LogP) is 3.58. The highest BCUT2D eigenvalue weighted by Crippen LogP contribution is 2.23. The Morgan fingerprint density at radius 2 is 1.87 bits per heavy atom. The molecular formula is C22H32IN5O2. The number of hydrogen-bond donors (Lipinski definition) is 2. The Morgan fingerprint density at radius 1 is 1.20 bits per heavy atom. The average molecular weight is 525 g/mol. The number of oxazole rings is 1. The zero-order valence-corrected chi connectivity index (χ0v) is 20.5. The van der Waals surface area contributed by atoms with Crippen LogP contribution in [0.25, 0.3) is 0 Å². The lowest BCUT2D eigenvalue weighted by Crippen LogP contribution is -2.37. The molecule has 0 fully saturated rings. The monoisotopic (exact) mass is 525 g/mol. The van der Waals surface area contributed by atoms with Crippen molar-refractivity contribution in [1.82, 2.24) is 20.5 Å². The van der Waals surface area contributed by atoms with Gasteiger partial charge in [0.2, 0.25) is 11.8 Å². The molecule has 2 N–H and O–H groups in total. The van der Waals surface area contributed by atoms with Gasteiger partial charge in [-0.15, -0.1) is 24.0 Å². The van der Waals surface area contributed by atoms with Crippen LogP contribution in [0.1, 0.15) is 56.4 Å². The number of benzene rings is 1. The molecule has 0 aliphatic carbocycles. The van der Waals surface area contributed by atoms with Crippen molar-refractivity contribution in [3.63, 3.8) is 0 Å². The summed E-state index contributed by atoms with van der Waals surface area (Å²) >= 11 is 0. The number of carbonyl (C=O) groups excluding carboxylic acids is 1. The Balaban J connectivity index is 0.00000320. The van der Waals surface area contributed by atoms with E-state index in [0.717, 1.165) is 25.3 Å². The molecule has 30 heavy (non-hydrogen) atoms. The van der Waals surface area contributed by atoms with E-state index in [4.69, 9.17) is 4.42 Å². The first-order chi connectivity index (χ1) is 13.9. The van der Waals surface area contributed by atoms with Gasteiger partial charge in [0.05, 0.1) is 12.7 Å². The lowest BCUT2D eigenvalue weighted by molar-refractivity contribution is -0.131.